The summed E-state index contributed by atoms with van der Waals surface area (Å²) in [7, 11) is 0. The smallest absolute Gasteiger partial charge is 0.126 e. The van der Waals surface area contributed by atoms with Crippen LogP contribution in [-0.2, 0) is 0 Å². The van der Waals surface area contributed by atoms with E-state index in [1.807, 2.05) is 60.0 Å². The zero-order chi connectivity index (χ0) is 20.6. The molecule has 0 saturated heterocycles. The van der Waals surface area contributed by atoms with Gasteiger partial charge in [-0.25, -0.2) is 0 Å². The molecule has 1 N–H and O–H groups in total. The van der Waals surface area contributed by atoms with E-state index in [-0.39, 0.29) is 5.75 Å². The number of phenols is 1. The SMILES string of the molecule is CCN(CC)c1ccc(C=Nc2ccc(/C(C#N)=C/c3cccs3)cc2)c(O)c1. The molecule has 0 saturated carbocycles. The van der Waals surface area contributed by atoms with E-state index in [0.29, 0.717) is 11.1 Å². The molecule has 29 heavy (non-hydrogen) atoms. The molecular formula is C24H23N3OS. The highest BCUT2D eigenvalue weighted by Gasteiger charge is 2.06. The lowest BCUT2D eigenvalue weighted by atomic mass is 10.1. The van der Waals surface area contributed by atoms with E-state index in [4.69, 9.17) is 0 Å². The van der Waals surface area contributed by atoms with E-state index in [1.165, 1.54) is 0 Å². The molecule has 2 aromatic carbocycles. The van der Waals surface area contributed by atoms with Gasteiger partial charge in [0.15, 0.2) is 0 Å². The molecule has 0 bridgehead atoms. The fourth-order valence-corrected chi connectivity index (χ4v) is 3.65. The second-order valence-electron chi connectivity index (χ2n) is 6.41. The normalized spacial score (nSPS) is 11.6. The Morgan fingerprint density at radius 2 is 1.90 bits per heavy atom. The first-order valence-corrected chi connectivity index (χ1v) is 10.4. The van der Waals surface area contributed by atoms with Crippen molar-refractivity contribution in [3.63, 3.8) is 0 Å². The molecule has 146 valence electrons. The second-order valence-corrected chi connectivity index (χ2v) is 7.38. The fourth-order valence-electron chi connectivity index (χ4n) is 2.99. The van der Waals surface area contributed by atoms with Gasteiger partial charge in [0.1, 0.15) is 5.75 Å². The third-order valence-corrected chi connectivity index (χ3v) is 5.44. The lowest BCUT2D eigenvalue weighted by Crippen LogP contribution is -2.21. The summed E-state index contributed by atoms with van der Waals surface area (Å²) in [5.41, 5.74) is 3.89. The fraction of sp³-hybridized carbons (Fsp3) is 0.167. The molecule has 5 heteroatoms. The Hall–Kier alpha value is -3.36. The van der Waals surface area contributed by atoms with Crippen LogP contribution in [0.3, 0.4) is 0 Å². The minimum atomic E-state index is 0.209. The summed E-state index contributed by atoms with van der Waals surface area (Å²) in [5.74, 6) is 0.209. The van der Waals surface area contributed by atoms with Crippen LogP contribution in [0, 0.1) is 11.3 Å². The van der Waals surface area contributed by atoms with Gasteiger partial charge in [-0.3, -0.25) is 4.99 Å². The Kier molecular flexibility index (Phi) is 6.83. The van der Waals surface area contributed by atoms with Crippen molar-refractivity contribution >= 4 is 40.6 Å². The van der Waals surface area contributed by atoms with Crippen LogP contribution in [0.15, 0.2) is 65.0 Å². The first-order valence-electron chi connectivity index (χ1n) is 9.52. The van der Waals surface area contributed by atoms with Crippen LogP contribution in [0.5, 0.6) is 5.75 Å². The molecule has 3 aromatic rings. The summed E-state index contributed by atoms with van der Waals surface area (Å²) in [6.45, 7) is 5.96. The minimum Gasteiger partial charge on any atom is -0.507 e. The summed E-state index contributed by atoms with van der Waals surface area (Å²) in [4.78, 5) is 7.68. The van der Waals surface area contributed by atoms with Gasteiger partial charge in [0.25, 0.3) is 0 Å². The van der Waals surface area contributed by atoms with Crippen molar-refractivity contribution in [3.8, 4) is 11.8 Å². The van der Waals surface area contributed by atoms with Gasteiger partial charge < -0.3 is 10.0 Å². The minimum absolute atomic E-state index is 0.209. The van der Waals surface area contributed by atoms with Crippen molar-refractivity contribution in [1.82, 2.24) is 0 Å². The largest absolute Gasteiger partial charge is 0.507 e. The number of phenolic OH excluding ortho intramolecular Hbond substituents is 1. The van der Waals surface area contributed by atoms with E-state index in [2.05, 4.69) is 29.8 Å². The quantitative estimate of drug-likeness (QED) is 0.383. The second kappa shape index (κ2) is 9.72. The summed E-state index contributed by atoms with van der Waals surface area (Å²) in [5, 5.41) is 21.8. The predicted molar refractivity (Wildman–Crippen MR) is 123 cm³/mol. The standard InChI is InChI=1S/C24H23N3OS/c1-3-27(4-2)22-12-9-19(24(28)15-22)17-26-21-10-7-18(8-11-21)20(16-25)14-23-6-5-13-29-23/h5-15,17,28H,3-4H2,1-2H3/b20-14+,26-17?. The molecule has 1 aromatic heterocycles. The molecule has 0 aliphatic heterocycles. The maximum absolute atomic E-state index is 10.3. The Balaban J connectivity index is 1.76. The molecule has 0 fully saturated rings. The predicted octanol–water partition coefficient (Wildman–Crippen LogP) is 6.11. The van der Waals surface area contributed by atoms with Gasteiger partial charge in [0, 0.05) is 41.5 Å². The number of benzene rings is 2. The number of allylic oxidation sites excluding steroid dienone is 1. The van der Waals surface area contributed by atoms with E-state index in [0.717, 1.165) is 34.9 Å². The van der Waals surface area contributed by atoms with Crippen molar-refractivity contribution in [3.05, 3.63) is 76.0 Å². The zero-order valence-corrected chi connectivity index (χ0v) is 17.4. The maximum Gasteiger partial charge on any atom is 0.126 e. The summed E-state index contributed by atoms with van der Waals surface area (Å²) in [6, 6.07) is 19.4. The summed E-state index contributed by atoms with van der Waals surface area (Å²) >= 11 is 1.60. The lowest BCUT2D eigenvalue weighted by Gasteiger charge is -2.21. The van der Waals surface area contributed by atoms with Crippen LogP contribution in [0.25, 0.3) is 11.6 Å². The van der Waals surface area contributed by atoms with Gasteiger partial charge in [-0.15, -0.1) is 11.3 Å². The number of hydrogen-bond donors (Lipinski definition) is 1. The Morgan fingerprint density at radius 1 is 1.14 bits per heavy atom. The van der Waals surface area contributed by atoms with Gasteiger partial charge in [-0.1, -0.05) is 18.2 Å². The number of thiophene rings is 1. The lowest BCUT2D eigenvalue weighted by molar-refractivity contribution is 0.474. The van der Waals surface area contributed by atoms with Gasteiger partial charge in [-0.05, 0) is 61.2 Å². The topological polar surface area (TPSA) is 59.6 Å². The highest BCUT2D eigenvalue weighted by atomic mass is 32.1. The molecule has 0 radical (unpaired) electrons. The number of aliphatic imine (C=N–C) groups is 1. The van der Waals surface area contributed by atoms with Crippen molar-refractivity contribution in [2.45, 2.75) is 13.8 Å². The average Bonchev–Trinajstić information content (AvgIpc) is 3.26. The number of anilines is 1. The Labute approximate surface area is 175 Å². The highest BCUT2D eigenvalue weighted by molar-refractivity contribution is 7.10. The van der Waals surface area contributed by atoms with Crippen molar-refractivity contribution < 1.29 is 5.11 Å². The maximum atomic E-state index is 10.3. The molecule has 0 unspecified atom stereocenters. The molecule has 3 rings (SSSR count). The monoisotopic (exact) mass is 401 g/mol. The van der Waals surface area contributed by atoms with Crippen LogP contribution >= 0.6 is 11.3 Å². The van der Waals surface area contributed by atoms with Crippen LogP contribution < -0.4 is 4.90 Å². The number of nitriles is 1. The van der Waals surface area contributed by atoms with Crippen molar-refractivity contribution in [1.29, 1.82) is 5.26 Å². The molecular weight excluding hydrogens is 378 g/mol. The van der Waals surface area contributed by atoms with Crippen LogP contribution in [0.2, 0.25) is 0 Å². The number of aromatic hydroxyl groups is 1. The van der Waals surface area contributed by atoms with E-state index in [1.54, 1.807) is 23.6 Å². The molecule has 4 nitrogen and oxygen atoms in total. The number of rotatable bonds is 7. The summed E-state index contributed by atoms with van der Waals surface area (Å²) < 4.78 is 0. The Morgan fingerprint density at radius 3 is 2.48 bits per heavy atom. The molecule has 0 spiro atoms. The summed E-state index contributed by atoms with van der Waals surface area (Å²) in [6.07, 6.45) is 3.54. The molecule has 0 aliphatic rings. The van der Waals surface area contributed by atoms with Crippen molar-refractivity contribution in [2.75, 3.05) is 18.0 Å². The average molecular weight is 402 g/mol. The Bertz CT molecular complexity index is 1040. The number of nitrogens with zero attached hydrogens (tertiary/aromatic N) is 3. The first-order chi connectivity index (χ1) is 14.1. The third kappa shape index (κ3) is 5.13. The molecule has 0 aliphatic carbocycles. The van der Waals surface area contributed by atoms with E-state index < -0.39 is 0 Å². The van der Waals surface area contributed by atoms with Crippen molar-refractivity contribution in [2.24, 2.45) is 4.99 Å². The third-order valence-electron chi connectivity index (χ3n) is 4.62. The molecule has 0 amide bonds. The highest BCUT2D eigenvalue weighted by Crippen LogP contribution is 2.25. The molecule has 1 heterocycles. The van der Waals surface area contributed by atoms with E-state index >= 15 is 0 Å². The van der Waals surface area contributed by atoms with E-state index in [9.17, 15) is 10.4 Å². The van der Waals surface area contributed by atoms with Crippen LogP contribution in [0.1, 0.15) is 29.9 Å². The molecule has 0 atom stereocenters. The van der Waals surface area contributed by atoms with Crippen LogP contribution in [0.4, 0.5) is 11.4 Å². The van der Waals surface area contributed by atoms with Crippen LogP contribution in [-0.4, -0.2) is 24.4 Å². The van der Waals surface area contributed by atoms with Gasteiger partial charge >= 0.3 is 0 Å². The number of hydrogen-bond acceptors (Lipinski definition) is 5. The zero-order valence-electron chi connectivity index (χ0n) is 16.5. The first kappa shape index (κ1) is 20.4. The van der Waals surface area contributed by atoms with Gasteiger partial charge in [-0.2, -0.15) is 5.26 Å². The van der Waals surface area contributed by atoms with Gasteiger partial charge in [0.05, 0.1) is 17.3 Å². The van der Waals surface area contributed by atoms with Gasteiger partial charge in [0.2, 0.25) is 0 Å².